The van der Waals surface area contributed by atoms with E-state index in [0.717, 1.165) is 0 Å². The highest BCUT2D eigenvalue weighted by Crippen LogP contribution is 2.53. The number of halogens is 1. The Morgan fingerprint density at radius 1 is 1.18 bits per heavy atom. The van der Waals surface area contributed by atoms with Crippen LogP contribution in [0.5, 0.6) is 0 Å². The second-order valence-electron chi connectivity index (χ2n) is 3.35. The Bertz CT molecular complexity index is 233. The van der Waals surface area contributed by atoms with Gasteiger partial charge in [-0.3, -0.25) is 4.57 Å². The van der Waals surface area contributed by atoms with Crippen LogP contribution in [0.2, 0.25) is 0 Å². The minimum Gasteiger partial charge on any atom is -0.391 e. The van der Waals surface area contributed by atoms with Gasteiger partial charge in [0, 0.05) is 19.1 Å². The molecule has 0 aromatic carbocycles. The SMILES string of the molecule is CCOC(OCC)P(=O)(C[C@@H](O)CCl)OCC. The quantitative estimate of drug-likeness (QED) is 0.379. The molecule has 1 N–H and O–H groups in total. The van der Waals surface area contributed by atoms with E-state index >= 15 is 0 Å². The van der Waals surface area contributed by atoms with Crippen LogP contribution in [0.3, 0.4) is 0 Å². The maximum absolute atomic E-state index is 12.6. The Morgan fingerprint density at radius 3 is 2.06 bits per heavy atom. The lowest BCUT2D eigenvalue weighted by Gasteiger charge is -2.27. The highest BCUT2D eigenvalue weighted by molar-refractivity contribution is 7.59. The number of ether oxygens (including phenoxy) is 2. The van der Waals surface area contributed by atoms with E-state index in [-0.39, 0.29) is 18.6 Å². The van der Waals surface area contributed by atoms with Gasteiger partial charge in [0.2, 0.25) is 6.03 Å². The minimum absolute atomic E-state index is 0.00202. The normalized spacial score (nSPS) is 17.1. The summed E-state index contributed by atoms with van der Waals surface area (Å²) in [6.45, 7) is 6.27. The molecule has 0 aliphatic heterocycles. The molecule has 1 unspecified atom stereocenters. The third kappa shape index (κ3) is 6.18. The average Bonchev–Trinajstić information content (AvgIpc) is 2.29. The summed E-state index contributed by atoms with van der Waals surface area (Å²) in [5.41, 5.74) is 0. The van der Waals surface area contributed by atoms with Gasteiger partial charge in [-0.25, -0.2) is 0 Å². The fourth-order valence-corrected chi connectivity index (χ4v) is 3.89. The first-order valence-electron chi connectivity index (χ1n) is 5.74. The molecule has 0 saturated carbocycles. The van der Waals surface area contributed by atoms with E-state index in [9.17, 15) is 9.67 Å². The van der Waals surface area contributed by atoms with Crippen LogP contribution in [0.15, 0.2) is 0 Å². The molecule has 0 saturated heterocycles. The second-order valence-corrected chi connectivity index (χ2v) is 6.16. The molecule has 0 bridgehead atoms. The predicted octanol–water partition coefficient (Wildman–Crippen LogP) is 2.26. The van der Waals surface area contributed by atoms with Gasteiger partial charge in [0.15, 0.2) is 0 Å². The molecule has 0 spiro atoms. The van der Waals surface area contributed by atoms with Crippen molar-refractivity contribution >= 4 is 19.0 Å². The third-order valence-electron chi connectivity index (χ3n) is 1.93. The van der Waals surface area contributed by atoms with Gasteiger partial charge < -0.3 is 19.1 Å². The van der Waals surface area contributed by atoms with Crippen LogP contribution in [0.1, 0.15) is 20.8 Å². The van der Waals surface area contributed by atoms with Crippen molar-refractivity contribution in [2.75, 3.05) is 31.9 Å². The number of alkyl halides is 1. The Kier molecular flexibility index (Phi) is 9.51. The minimum atomic E-state index is -3.21. The first-order valence-corrected chi connectivity index (χ1v) is 8.15. The van der Waals surface area contributed by atoms with Gasteiger partial charge in [-0.05, 0) is 20.8 Å². The lowest BCUT2D eigenvalue weighted by atomic mass is 10.5. The van der Waals surface area contributed by atoms with Crippen LogP contribution in [-0.4, -0.2) is 49.1 Å². The summed E-state index contributed by atoms with van der Waals surface area (Å²) < 4.78 is 28.4. The zero-order valence-corrected chi connectivity index (χ0v) is 12.2. The summed E-state index contributed by atoms with van der Waals surface area (Å²) in [5.74, 6) is 0.00202. The summed E-state index contributed by atoms with van der Waals surface area (Å²) in [6, 6.07) is -0.935. The highest BCUT2D eigenvalue weighted by atomic mass is 35.5. The topological polar surface area (TPSA) is 65.0 Å². The van der Waals surface area contributed by atoms with E-state index in [1.54, 1.807) is 20.8 Å². The molecule has 17 heavy (non-hydrogen) atoms. The Balaban J connectivity index is 4.78. The Hall–Kier alpha value is 0.360. The number of hydrogen-bond donors (Lipinski definition) is 1. The molecule has 0 amide bonds. The fourth-order valence-electron chi connectivity index (χ4n) is 1.32. The molecule has 0 radical (unpaired) electrons. The van der Waals surface area contributed by atoms with Crippen molar-refractivity contribution in [2.45, 2.75) is 32.9 Å². The summed E-state index contributed by atoms with van der Waals surface area (Å²) in [5, 5.41) is 9.51. The van der Waals surface area contributed by atoms with E-state index in [0.29, 0.717) is 13.2 Å². The van der Waals surface area contributed by atoms with Gasteiger partial charge in [-0.15, -0.1) is 11.6 Å². The molecule has 0 heterocycles. The van der Waals surface area contributed by atoms with Crippen molar-refractivity contribution in [1.29, 1.82) is 0 Å². The first-order chi connectivity index (χ1) is 8.03. The molecule has 7 heteroatoms. The molecule has 0 fully saturated rings. The van der Waals surface area contributed by atoms with Gasteiger partial charge in [0.05, 0.1) is 18.9 Å². The summed E-state index contributed by atoms with van der Waals surface area (Å²) in [4.78, 5) is 0. The summed E-state index contributed by atoms with van der Waals surface area (Å²) in [6.07, 6.45) is -0.952. The van der Waals surface area contributed by atoms with Crippen molar-refractivity contribution in [1.82, 2.24) is 0 Å². The average molecular weight is 289 g/mol. The van der Waals surface area contributed by atoms with E-state index in [4.69, 9.17) is 25.6 Å². The van der Waals surface area contributed by atoms with Crippen LogP contribution in [-0.2, 0) is 18.6 Å². The van der Waals surface area contributed by atoms with Crippen molar-refractivity contribution in [2.24, 2.45) is 0 Å². The molecule has 104 valence electrons. The van der Waals surface area contributed by atoms with Crippen LogP contribution in [0, 0.1) is 0 Å². The van der Waals surface area contributed by atoms with Crippen LogP contribution >= 0.6 is 19.0 Å². The smallest absolute Gasteiger partial charge is 0.260 e. The molecular formula is C10H22ClO5P. The zero-order valence-electron chi connectivity index (χ0n) is 10.6. The largest absolute Gasteiger partial charge is 0.391 e. The Labute approximate surface area is 108 Å². The molecule has 2 atom stereocenters. The van der Waals surface area contributed by atoms with Crippen LogP contribution in [0.4, 0.5) is 0 Å². The lowest BCUT2D eigenvalue weighted by molar-refractivity contribution is -0.0893. The molecule has 0 aromatic rings. The monoisotopic (exact) mass is 288 g/mol. The number of aliphatic hydroxyl groups is 1. The van der Waals surface area contributed by atoms with E-state index in [1.807, 2.05) is 0 Å². The molecule has 0 aliphatic carbocycles. The second kappa shape index (κ2) is 9.31. The third-order valence-corrected chi connectivity index (χ3v) is 4.85. The van der Waals surface area contributed by atoms with E-state index in [2.05, 4.69) is 0 Å². The maximum atomic E-state index is 12.6. The predicted molar refractivity (Wildman–Crippen MR) is 67.9 cm³/mol. The lowest BCUT2D eigenvalue weighted by Crippen LogP contribution is -2.26. The molecule has 0 rings (SSSR count). The van der Waals surface area contributed by atoms with Gasteiger partial charge in [0.1, 0.15) is 0 Å². The van der Waals surface area contributed by atoms with Crippen molar-refractivity contribution < 1.29 is 23.7 Å². The zero-order chi connectivity index (χ0) is 13.3. The Morgan fingerprint density at radius 2 is 1.71 bits per heavy atom. The number of rotatable bonds is 10. The van der Waals surface area contributed by atoms with Crippen molar-refractivity contribution in [3.8, 4) is 0 Å². The van der Waals surface area contributed by atoms with Gasteiger partial charge in [-0.2, -0.15) is 0 Å². The number of hydrogen-bond acceptors (Lipinski definition) is 5. The van der Waals surface area contributed by atoms with Crippen molar-refractivity contribution in [3.63, 3.8) is 0 Å². The van der Waals surface area contributed by atoms with E-state index < -0.39 is 19.5 Å². The molecule has 0 aromatic heterocycles. The molecule has 5 nitrogen and oxygen atoms in total. The first kappa shape index (κ1) is 17.4. The molecular weight excluding hydrogens is 267 g/mol. The van der Waals surface area contributed by atoms with E-state index in [1.165, 1.54) is 0 Å². The summed E-state index contributed by atoms with van der Waals surface area (Å²) in [7, 11) is -3.21. The summed E-state index contributed by atoms with van der Waals surface area (Å²) >= 11 is 5.51. The van der Waals surface area contributed by atoms with Crippen LogP contribution < -0.4 is 0 Å². The standard InChI is InChI=1S/C10H22ClO5P/c1-4-14-10(15-5-2)17(13,16-6-3)8-9(12)7-11/h9-10,12H,4-8H2,1-3H3/t9-,17?/m0/s1. The van der Waals surface area contributed by atoms with Gasteiger partial charge in [-0.1, -0.05) is 0 Å². The highest BCUT2D eigenvalue weighted by Gasteiger charge is 2.37. The van der Waals surface area contributed by atoms with Gasteiger partial charge >= 0.3 is 0 Å². The fraction of sp³-hybridized carbons (Fsp3) is 1.00. The van der Waals surface area contributed by atoms with Crippen molar-refractivity contribution in [3.05, 3.63) is 0 Å². The molecule has 0 aliphatic rings. The van der Waals surface area contributed by atoms with Gasteiger partial charge in [0.25, 0.3) is 7.37 Å². The van der Waals surface area contributed by atoms with Crippen LogP contribution in [0.25, 0.3) is 0 Å². The number of aliphatic hydroxyl groups excluding tert-OH is 1. The maximum Gasteiger partial charge on any atom is 0.260 e.